The third-order valence-electron chi connectivity index (χ3n) is 2.95. The Hall–Kier alpha value is -1.54. The molecular formula is C12H21N5. The van der Waals surface area contributed by atoms with Crippen LogP contribution in [0.3, 0.4) is 0 Å². The first-order valence-electron chi connectivity index (χ1n) is 6.03. The molecule has 1 aromatic rings. The van der Waals surface area contributed by atoms with E-state index >= 15 is 0 Å². The molecule has 0 aliphatic carbocycles. The van der Waals surface area contributed by atoms with Crippen LogP contribution >= 0.6 is 0 Å². The van der Waals surface area contributed by atoms with Gasteiger partial charge in [0.15, 0.2) is 0 Å². The number of hydrogen-bond donors (Lipinski definition) is 1. The number of aromatic nitrogens is 2. The van der Waals surface area contributed by atoms with Gasteiger partial charge in [-0.1, -0.05) is 13.8 Å². The van der Waals surface area contributed by atoms with Crippen LogP contribution in [0.4, 0.5) is 5.82 Å². The highest BCUT2D eigenvalue weighted by Gasteiger charge is 2.12. The Balaban J connectivity index is 2.61. The van der Waals surface area contributed by atoms with Crippen molar-refractivity contribution in [2.75, 3.05) is 31.5 Å². The van der Waals surface area contributed by atoms with Crippen molar-refractivity contribution in [3.05, 3.63) is 11.3 Å². The summed E-state index contributed by atoms with van der Waals surface area (Å²) in [6.07, 6.45) is 0. The fourth-order valence-electron chi connectivity index (χ4n) is 1.87. The van der Waals surface area contributed by atoms with E-state index in [2.05, 4.69) is 35.2 Å². The Bertz CT molecular complexity index is 398. The summed E-state index contributed by atoms with van der Waals surface area (Å²) in [5.41, 5.74) is 1.42. The fraction of sp³-hybridized carbons (Fsp3) is 0.667. The molecule has 1 aromatic heterocycles. The number of anilines is 1. The molecule has 5 nitrogen and oxygen atoms in total. The Morgan fingerprint density at radius 1 is 1.41 bits per heavy atom. The lowest BCUT2D eigenvalue weighted by Gasteiger charge is -2.18. The average molecular weight is 235 g/mol. The summed E-state index contributed by atoms with van der Waals surface area (Å²) in [7, 11) is 1.85. The van der Waals surface area contributed by atoms with E-state index in [0.717, 1.165) is 37.7 Å². The summed E-state index contributed by atoms with van der Waals surface area (Å²) in [4.78, 5) is 2.34. The van der Waals surface area contributed by atoms with Gasteiger partial charge in [0.25, 0.3) is 0 Å². The minimum absolute atomic E-state index is 0.645. The molecule has 0 atom stereocenters. The molecule has 0 unspecified atom stereocenters. The molecule has 0 spiro atoms. The standard InChI is InChI=1S/C12H21N5/c1-5-17(6-2)8-7-14-12-11(9-13)10(3)15-16(12)4/h14H,5-8H2,1-4H3. The zero-order valence-electron chi connectivity index (χ0n) is 11.1. The van der Waals surface area contributed by atoms with Gasteiger partial charge in [-0.3, -0.25) is 4.68 Å². The number of nitrogens with one attached hydrogen (secondary N) is 1. The van der Waals surface area contributed by atoms with Crippen molar-refractivity contribution in [3.63, 3.8) is 0 Å². The molecule has 0 aromatic carbocycles. The van der Waals surface area contributed by atoms with Crippen LogP contribution in [0.1, 0.15) is 25.1 Å². The van der Waals surface area contributed by atoms with Crippen molar-refractivity contribution in [1.29, 1.82) is 5.26 Å². The van der Waals surface area contributed by atoms with Gasteiger partial charge in [0, 0.05) is 20.1 Å². The molecule has 0 bridgehead atoms. The van der Waals surface area contributed by atoms with E-state index in [1.54, 1.807) is 4.68 Å². The molecule has 0 amide bonds. The van der Waals surface area contributed by atoms with Gasteiger partial charge in [-0.15, -0.1) is 0 Å². The van der Waals surface area contributed by atoms with E-state index < -0.39 is 0 Å². The highest BCUT2D eigenvalue weighted by atomic mass is 15.3. The van der Waals surface area contributed by atoms with E-state index in [4.69, 9.17) is 5.26 Å². The summed E-state index contributed by atoms with van der Waals surface area (Å²) >= 11 is 0. The minimum Gasteiger partial charge on any atom is -0.368 e. The molecule has 94 valence electrons. The van der Waals surface area contributed by atoms with Crippen LogP contribution in [-0.4, -0.2) is 40.9 Å². The molecule has 17 heavy (non-hydrogen) atoms. The summed E-state index contributed by atoms with van der Waals surface area (Å²) in [6, 6.07) is 2.19. The third-order valence-corrected chi connectivity index (χ3v) is 2.95. The maximum absolute atomic E-state index is 9.06. The van der Waals surface area contributed by atoms with Gasteiger partial charge in [0.2, 0.25) is 0 Å². The number of likely N-dealkylation sites (N-methyl/N-ethyl adjacent to an activating group) is 1. The van der Waals surface area contributed by atoms with Crippen molar-refractivity contribution >= 4 is 5.82 Å². The van der Waals surface area contributed by atoms with Gasteiger partial charge in [0.1, 0.15) is 17.5 Å². The monoisotopic (exact) mass is 235 g/mol. The molecule has 0 radical (unpaired) electrons. The van der Waals surface area contributed by atoms with Crippen molar-refractivity contribution in [3.8, 4) is 6.07 Å². The molecule has 0 saturated heterocycles. The number of aryl methyl sites for hydroxylation is 2. The quantitative estimate of drug-likeness (QED) is 0.808. The Labute approximate surface area is 103 Å². The van der Waals surface area contributed by atoms with Gasteiger partial charge >= 0.3 is 0 Å². The predicted molar refractivity (Wildman–Crippen MR) is 68.9 cm³/mol. The zero-order chi connectivity index (χ0) is 12.8. The molecule has 0 aliphatic rings. The van der Waals surface area contributed by atoms with E-state index in [9.17, 15) is 0 Å². The second kappa shape index (κ2) is 6.26. The van der Waals surface area contributed by atoms with Crippen LogP contribution in [-0.2, 0) is 7.05 Å². The summed E-state index contributed by atoms with van der Waals surface area (Å²) in [5.74, 6) is 0.817. The Morgan fingerprint density at radius 3 is 2.59 bits per heavy atom. The lowest BCUT2D eigenvalue weighted by Crippen LogP contribution is -2.29. The molecule has 5 heteroatoms. The Kier molecular flexibility index (Phi) is 4.98. The second-order valence-corrected chi connectivity index (χ2v) is 4.00. The van der Waals surface area contributed by atoms with E-state index in [1.807, 2.05) is 14.0 Å². The molecule has 1 N–H and O–H groups in total. The van der Waals surface area contributed by atoms with Crippen LogP contribution in [0.15, 0.2) is 0 Å². The smallest absolute Gasteiger partial charge is 0.142 e. The third kappa shape index (κ3) is 3.21. The fourth-order valence-corrected chi connectivity index (χ4v) is 1.87. The SMILES string of the molecule is CCN(CC)CCNc1c(C#N)c(C)nn1C. The van der Waals surface area contributed by atoms with Crippen LogP contribution in [0, 0.1) is 18.3 Å². The number of rotatable bonds is 6. The van der Waals surface area contributed by atoms with Crippen molar-refractivity contribution < 1.29 is 0 Å². The first-order chi connectivity index (χ1) is 8.13. The van der Waals surface area contributed by atoms with Crippen LogP contribution in [0.2, 0.25) is 0 Å². The first-order valence-corrected chi connectivity index (χ1v) is 6.03. The second-order valence-electron chi connectivity index (χ2n) is 4.00. The van der Waals surface area contributed by atoms with Gasteiger partial charge in [0.05, 0.1) is 5.69 Å². The molecule has 0 fully saturated rings. The lowest BCUT2D eigenvalue weighted by atomic mass is 10.2. The number of hydrogen-bond acceptors (Lipinski definition) is 4. The molecule has 1 heterocycles. The maximum atomic E-state index is 9.06. The predicted octanol–water partition coefficient (Wildman–Crippen LogP) is 1.35. The topological polar surface area (TPSA) is 56.9 Å². The van der Waals surface area contributed by atoms with E-state index in [1.165, 1.54) is 0 Å². The number of nitrogens with zero attached hydrogens (tertiary/aromatic N) is 4. The van der Waals surface area contributed by atoms with Gasteiger partial charge in [-0.2, -0.15) is 10.4 Å². The molecule has 0 aliphatic heterocycles. The average Bonchev–Trinajstić information content (AvgIpc) is 2.59. The van der Waals surface area contributed by atoms with Crippen molar-refractivity contribution in [1.82, 2.24) is 14.7 Å². The van der Waals surface area contributed by atoms with Crippen LogP contribution in [0.25, 0.3) is 0 Å². The molecular weight excluding hydrogens is 214 g/mol. The summed E-state index contributed by atoms with van der Waals surface area (Å²) in [6.45, 7) is 10.1. The highest BCUT2D eigenvalue weighted by molar-refractivity contribution is 5.54. The first kappa shape index (κ1) is 13.5. The summed E-state index contributed by atoms with van der Waals surface area (Å²) in [5, 5.41) is 16.6. The maximum Gasteiger partial charge on any atom is 0.142 e. The largest absolute Gasteiger partial charge is 0.368 e. The van der Waals surface area contributed by atoms with Crippen molar-refractivity contribution in [2.24, 2.45) is 7.05 Å². The van der Waals surface area contributed by atoms with Gasteiger partial charge in [-0.05, 0) is 20.0 Å². The Morgan fingerprint density at radius 2 is 2.06 bits per heavy atom. The lowest BCUT2D eigenvalue weighted by molar-refractivity contribution is 0.316. The highest BCUT2D eigenvalue weighted by Crippen LogP contribution is 2.16. The van der Waals surface area contributed by atoms with Gasteiger partial charge in [-0.25, -0.2) is 0 Å². The summed E-state index contributed by atoms with van der Waals surface area (Å²) < 4.78 is 1.73. The van der Waals surface area contributed by atoms with Crippen LogP contribution < -0.4 is 5.32 Å². The van der Waals surface area contributed by atoms with Crippen molar-refractivity contribution in [2.45, 2.75) is 20.8 Å². The molecule has 0 saturated carbocycles. The molecule has 1 rings (SSSR count). The number of nitriles is 1. The van der Waals surface area contributed by atoms with Gasteiger partial charge < -0.3 is 10.2 Å². The zero-order valence-corrected chi connectivity index (χ0v) is 11.1. The van der Waals surface area contributed by atoms with Crippen LogP contribution in [0.5, 0.6) is 0 Å². The van der Waals surface area contributed by atoms with E-state index in [-0.39, 0.29) is 0 Å². The van der Waals surface area contributed by atoms with E-state index in [0.29, 0.717) is 5.56 Å². The normalized spacial score (nSPS) is 10.6. The minimum atomic E-state index is 0.645.